The van der Waals surface area contributed by atoms with Crippen molar-refractivity contribution < 1.29 is 18.8 Å². The van der Waals surface area contributed by atoms with Gasteiger partial charge in [-0.25, -0.2) is 0 Å². The molecule has 0 bridgehead atoms. The molecule has 1 aliphatic rings. The maximum absolute atomic E-state index is 11.6. The van der Waals surface area contributed by atoms with E-state index in [9.17, 15) is 4.79 Å². The number of primary amides is 1. The molecule has 3 rings (SSSR count). The van der Waals surface area contributed by atoms with Crippen molar-refractivity contribution in [1.29, 1.82) is 0 Å². The predicted molar refractivity (Wildman–Crippen MR) is 88.9 cm³/mol. The van der Waals surface area contributed by atoms with Gasteiger partial charge in [0.25, 0.3) is 0 Å². The highest BCUT2D eigenvalue weighted by molar-refractivity contribution is 5.79. The number of aromatic nitrogens is 2. The fraction of sp³-hybridized carbons (Fsp3) is 0.471. The average Bonchev–Trinajstić information content (AvgIpc) is 3.08. The van der Waals surface area contributed by atoms with E-state index in [-0.39, 0.29) is 18.6 Å². The molecule has 0 saturated carbocycles. The van der Waals surface area contributed by atoms with Crippen molar-refractivity contribution in [1.82, 2.24) is 15.0 Å². The highest BCUT2D eigenvalue weighted by Crippen LogP contribution is 2.20. The number of amides is 1. The lowest BCUT2D eigenvalue weighted by Crippen LogP contribution is -2.47. The number of nitrogens with zero attached hydrogens (tertiary/aromatic N) is 3. The Morgan fingerprint density at radius 2 is 2.08 bits per heavy atom. The van der Waals surface area contributed by atoms with Crippen LogP contribution in [0, 0.1) is 0 Å². The molecule has 1 aromatic heterocycles. The zero-order chi connectivity index (χ0) is 17.6. The molecule has 8 nitrogen and oxygen atoms in total. The van der Waals surface area contributed by atoms with Gasteiger partial charge in [0.05, 0.1) is 19.7 Å². The van der Waals surface area contributed by atoms with Crippen LogP contribution >= 0.6 is 0 Å². The van der Waals surface area contributed by atoms with Crippen molar-refractivity contribution in [2.24, 2.45) is 5.73 Å². The summed E-state index contributed by atoms with van der Waals surface area (Å²) < 4.78 is 16.0. The summed E-state index contributed by atoms with van der Waals surface area (Å²) in [7, 11) is 1.61. The predicted octanol–water partition coefficient (Wildman–Crippen LogP) is 1.50. The summed E-state index contributed by atoms with van der Waals surface area (Å²) in [5, 5.41) is 3.92. The van der Waals surface area contributed by atoms with Gasteiger partial charge in [-0.1, -0.05) is 11.6 Å². The molecule has 2 N–H and O–H groups in total. The maximum Gasteiger partial charge on any atom is 0.240 e. The molecule has 0 aliphatic carbocycles. The molecule has 134 valence electrons. The molecular weight excluding hydrogens is 324 g/mol. The van der Waals surface area contributed by atoms with Gasteiger partial charge in [-0.05, 0) is 43.7 Å². The molecule has 0 unspecified atom stereocenters. The highest BCUT2D eigenvalue weighted by Gasteiger charge is 2.28. The number of hydrogen-bond donors (Lipinski definition) is 1. The second-order valence-corrected chi connectivity index (χ2v) is 5.95. The Hall–Kier alpha value is -2.61. The molecule has 0 spiro atoms. The van der Waals surface area contributed by atoms with Crippen molar-refractivity contribution >= 4 is 5.91 Å². The fourth-order valence-electron chi connectivity index (χ4n) is 2.91. The second-order valence-electron chi connectivity index (χ2n) is 5.95. The summed E-state index contributed by atoms with van der Waals surface area (Å²) in [5.74, 6) is 2.07. The lowest BCUT2D eigenvalue weighted by atomic mass is 10.0. The average molecular weight is 346 g/mol. The number of carbonyl (C=O) groups is 1. The van der Waals surface area contributed by atoms with E-state index in [0.717, 1.165) is 31.6 Å². The molecule has 25 heavy (non-hydrogen) atoms. The molecular formula is C17H22N4O4. The molecule has 1 atom stereocenters. The van der Waals surface area contributed by atoms with Crippen LogP contribution in [0.15, 0.2) is 28.8 Å². The molecule has 2 heterocycles. The van der Waals surface area contributed by atoms with Crippen LogP contribution in [-0.2, 0) is 17.9 Å². The third kappa shape index (κ3) is 4.48. The number of nitrogens with two attached hydrogens (primary N) is 1. The quantitative estimate of drug-likeness (QED) is 0.810. The first-order valence-electron chi connectivity index (χ1n) is 8.27. The van der Waals surface area contributed by atoms with E-state index in [1.54, 1.807) is 7.11 Å². The number of carbonyl (C=O) groups excluding carboxylic acids is 1. The van der Waals surface area contributed by atoms with Gasteiger partial charge in [0.1, 0.15) is 11.5 Å². The Balaban J connectivity index is 1.55. The molecule has 1 amide bonds. The largest absolute Gasteiger partial charge is 0.497 e. The van der Waals surface area contributed by atoms with E-state index in [1.165, 1.54) is 0 Å². The molecule has 1 aromatic carbocycles. The van der Waals surface area contributed by atoms with Crippen LogP contribution in [-0.4, -0.2) is 40.6 Å². The van der Waals surface area contributed by atoms with E-state index in [0.29, 0.717) is 24.0 Å². The number of piperidine rings is 1. The van der Waals surface area contributed by atoms with Crippen molar-refractivity contribution in [3.05, 3.63) is 36.0 Å². The maximum atomic E-state index is 11.6. The minimum absolute atomic E-state index is 0.203. The number of rotatable bonds is 7. The Labute approximate surface area is 145 Å². The lowest BCUT2D eigenvalue weighted by Gasteiger charge is -2.32. The van der Waals surface area contributed by atoms with Gasteiger partial charge in [-0.2, -0.15) is 4.98 Å². The summed E-state index contributed by atoms with van der Waals surface area (Å²) in [6, 6.07) is 6.99. The van der Waals surface area contributed by atoms with Crippen LogP contribution in [0.5, 0.6) is 11.5 Å². The number of ether oxygens (including phenoxy) is 2. The summed E-state index contributed by atoms with van der Waals surface area (Å²) in [6.07, 6.45) is 2.82. The highest BCUT2D eigenvalue weighted by atomic mass is 16.5. The van der Waals surface area contributed by atoms with Crippen LogP contribution in [0.3, 0.4) is 0 Å². The Morgan fingerprint density at radius 3 is 2.80 bits per heavy atom. The van der Waals surface area contributed by atoms with E-state index < -0.39 is 0 Å². The van der Waals surface area contributed by atoms with E-state index >= 15 is 0 Å². The minimum atomic E-state index is -0.303. The van der Waals surface area contributed by atoms with Gasteiger partial charge in [-0.15, -0.1) is 0 Å². The van der Waals surface area contributed by atoms with Crippen LogP contribution in [0.25, 0.3) is 0 Å². The number of hydrogen-bond acceptors (Lipinski definition) is 7. The van der Waals surface area contributed by atoms with Gasteiger partial charge in [0.15, 0.2) is 6.61 Å². The summed E-state index contributed by atoms with van der Waals surface area (Å²) >= 11 is 0. The number of methoxy groups -OCH3 is 1. The van der Waals surface area contributed by atoms with Gasteiger partial charge in [-0.3, -0.25) is 9.69 Å². The number of likely N-dealkylation sites (tertiary alicyclic amines) is 1. The third-order valence-electron chi connectivity index (χ3n) is 4.22. The van der Waals surface area contributed by atoms with Crippen molar-refractivity contribution in [2.75, 3.05) is 13.7 Å². The molecule has 1 fully saturated rings. The van der Waals surface area contributed by atoms with E-state index in [1.807, 2.05) is 29.2 Å². The van der Waals surface area contributed by atoms with Crippen LogP contribution < -0.4 is 15.2 Å². The summed E-state index contributed by atoms with van der Waals surface area (Å²) in [5.41, 5.74) is 5.47. The Bertz CT molecular complexity index is 701. The zero-order valence-corrected chi connectivity index (χ0v) is 14.2. The van der Waals surface area contributed by atoms with Crippen LogP contribution in [0.1, 0.15) is 31.0 Å². The van der Waals surface area contributed by atoms with Crippen LogP contribution in [0.2, 0.25) is 0 Å². The van der Waals surface area contributed by atoms with Gasteiger partial charge in [0.2, 0.25) is 17.6 Å². The van der Waals surface area contributed by atoms with Crippen molar-refractivity contribution in [2.45, 2.75) is 38.5 Å². The summed E-state index contributed by atoms with van der Waals surface area (Å²) in [4.78, 5) is 17.9. The Morgan fingerprint density at radius 1 is 1.32 bits per heavy atom. The minimum Gasteiger partial charge on any atom is -0.497 e. The molecule has 0 radical (unpaired) electrons. The summed E-state index contributed by atoms with van der Waals surface area (Å²) in [6.45, 7) is 1.42. The molecule has 2 aromatic rings. The second kappa shape index (κ2) is 7.98. The van der Waals surface area contributed by atoms with Crippen molar-refractivity contribution in [3.63, 3.8) is 0 Å². The zero-order valence-electron chi connectivity index (χ0n) is 14.2. The van der Waals surface area contributed by atoms with Crippen molar-refractivity contribution in [3.8, 4) is 11.5 Å². The SMILES string of the molecule is COc1ccc(OCc2noc(CN3CCCC[C@H]3C(N)=O)n2)cc1. The first-order valence-corrected chi connectivity index (χ1v) is 8.27. The fourth-order valence-corrected chi connectivity index (χ4v) is 2.91. The van der Waals surface area contributed by atoms with Gasteiger partial charge >= 0.3 is 0 Å². The Kier molecular flexibility index (Phi) is 5.49. The van der Waals surface area contributed by atoms with Gasteiger partial charge < -0.3 is 19.7 Å². The first-order chi connectivity index (χ1) is 12.2. The van der Waals surface area contributed by atoms with E-state index in [4.69, 9.17) is 19.7 Å². The van der Waals surface area contributed by atoms with Crippen LogP contribution in [0.4, 0.5) is 0 Å². The first kappa shape index (κ1) is 17.2. The smallest absolute Gasteiger partial charge is 0.240 e. The lowest BCUT2D eigenvalue weighted by molar-refractivity contribution is -0.124. The standard InChI is InChI=1S/C17H22N4O4/c1-23-12-5-7-13(8-6-12)24-11-15-19-16(25-20-15)10-21-9-3-2-4-14(21)17(18)22/h5-8,14H,2-4,9-11H2,1H3,(H2,18,22)/t14-/m0/s1. The number of benzene rings is 1. The molecule has 8 heteroatoms. The normalized spacial score (nSPS) is 18.0. The molecule has 1 saturated heterocycles. The third-order valence-corrected chi connectivity index (χ3v) is 4.22. The monoisotopic (exact) mass is 346 g/mol. The molecule has 1 aliphatic heterocycles. The van der Waals surface area contributed by atoms with E-state index in [2.05, 4.69) is 10.1 Å². The topological polar surface area (TPSA) is 104 Å². The van der Waals surface area contributed by atoms with Gasteiger partial charge in [0, 0.05) is 0 Å².